The van der Waals surface area contributed by atoms with E-state index in [0.717, 1.165) is 0 Å². The number of carbonyl (C=O) groups is 1. The Bertz CT molecular complexity index is 775. The number of aromatic amines is 1. The van der Waals surface area contributed by atoms with Gasteiger partial charge in [0.05, 0.1) is 5.75 Å². The summed E-state index contributed by atoms with van der Waals surface area (Å²) in [5.41, 5.74) is 0.606. The van der Waals surface area contributed by atoms with E-state index in [2.05, 4.69) is 25.4 Å². The van der Waals surface area contributed by atoms with E-state index in [9.17, 15) is 17.1 Å². The molecule has 2 aromatic heterocycles. The molecule has 0 spiro atoms. The molecular weight excluding hydrogens is 291 g/mol. The van der Waals surface area contributed by atoms with E-state index >= 15 is 0 Å². The molecule has 1 aliphatic heterocycles. The second-order valence-electron chi connectivity index (χ2n) is 4.47. The van der Waals surface area contributed by atoms with Gasteiger partial charge in [0.2, 0.25) is 11.6 Å². The van der Waals surface area contributed by atoms with E-state index < -0.39 is 21.9 Å². The standard InChI is InChI=1S/C9H9FN6O3S/c10-20(18,19)3-5-1-6(17)16(2-5)9-7-8(11-4-12-9)14-15-13-7/h4-5H,1-3H2,(H,11,12,13,14,15). The molecule has 3 heterocycles. The molecule has 1 unspecified atom stereocenters. The van der Waals surface area contributed by atoms with Crippen LogP contribution in [0.1, 0.15) is 6.42 Å². The summed E-state index contributed by atoms with van der Waals surface area (Å²) in [6.45, 7) is 0.0704. The predicted molar refractivity (Wildman–Crippen MR) is 64.8 cm³/mol. The van der Waals surface area contributed by atoms with Crippen molar-refractivity contribution in [3.05, 3.63) is 6.33 Å². The van der Waals surface area contributed by atoms with Crippen LogP contribution in [-0.4, -0.2) is 52.0 Å². The first-order valence-electron chi connectivity index (χ1n) is 5.68. The van der Waals surface area contributed by atoms with Crippen LogP contribution in [-0.2, 0) is 15.0 Å². The van der Waals surface area contributed by atoms with Crippen molar-refractivity contribution in [3.63, 3.8) is 0 Å². The quantitative estimate of drug-likeness (QED) is 0.751. The van der Waals surface area contributed by atoms with E-state index in [1.165, 1.54) is 11.2 Å². The molecule has 9 nitrogen and oxygen atoms in total. The molecule has 1 saturated heterocycles. The molecule has 0 radical (unpaired) electrons. The number of carbonyl (C=O) groups excluding carboxylic acids is 1. The van der Waals surface area contributed by atoms with Crippen LogP contribution < -0.4 is 4.90 Å². The van der Waals surface area contributed by atoms with Crippen LogP contribution in [0, 0.1) is 5.92 Å². The topological polar surface area (TPSA) is 122 Å². The Morgan fingerprint density at radius 3 is 2.95 bits per heavy atom. The Labute approximate surface area is 112 Å². The number of nitrogens with one attached hydrogen (secondary N) is 1. The molecule has 0 aliphatic carbocycles. The average molecular weight is 300 g/mol. The summed E-state index contributed by atoms with van der Waals surface area (Å²) in [7, 11) is -4.61. The molecule has 2 aromatic rings. The third-order valence-electron chi connectivity index (χ3n) is 3.00. The lowest BCUT2D eigenvalue weighted by Crippen LogP contribution is -2.26. The Kier molecular flexibility index (Phi) is 2.85. The van der Waals surface area contributed by atoms with Crippen molar-refractivity contribution in [1.29, 1.82) is 0 Å². The minimum absolute atomic E-state index is 0.0491. The summed E-state index contributed by atoms with van der Waals surface area (Å²) in [6.07, 6.45) is 1.18. The Balaban J connectivity index is 1.91. The molecule has 3 rings (SSSR count). The molecular formula is C9H9FN6O3S. The third kappa shape index (κ3) is 2.31. The molecule has 0 aromatic carbocycles. The number of nitrogens with zero attached hydrogens (tertiary/aromatic N) is 5. The Morgan fingerprint density at radius 2 is 2.20 bits per heavy atom. The number of anilines is 1. The predicted octanol–water partition coefficient (Wildman–Crippen LogP) is -0.600. The molecule has 1 N–H and O–H groups in total. The minimum Gasteiger partial charge on any atom is -0.294 e. The van der Waals surface area contributed by atoms with Gasteiger partial charge in [-0.25, -0.2) is 9.97 Å². The zero-order valence-electron chi connectivity index (χ0n) is 10.0. The summed E-state index contributed by atoms with van der Waals surface area (Å²) in [5.74, 6) is -1.37. The second kappa shape index (κ2) is 4.44. The van der Waals surface area contributed by atoms with E-state index in [4.69, 9.17) is 0 Å². The number of hydrogen-bond donors (Lipinski definition) is 1. The fourth-order valence-electron chi connectivity index (χ4n) is 2.24. The zero-order chi connectivity index (χ0) is 14.3. The van der Waals surface area contributed by atoms with Gasteiger partial charge in [-0.15, -0.1) is 8.98 Å². The van der Waals surface area contributed by atoms with Crippen molar-refractivity contribution in [3.8, 4) is 0 Å². The van der Waals surface area contributed by atoms with Crippen molar-refractivity contribution >= 4 is 33.1 Å². The summed E-state index contributed by atoms with van der Waals surface area (Å²) in [4.78, 5) is 21.0. The number of hydrogen-bond acceptors (Lipinski definition) is 7. The maximum Gasteiger partial charge on any atom is 0.302 e. The van der Waals surface area contributed by atoms with Crippen LogP contribution in [0.25, 0.3) is 11.2 Å². The van der Waals surface area contributed by atoms with Gasteiger partial charge in [0.1, 0.15) is 6.33 Å². The molecule has 0 saturated carbocycles. The number of halogens is 1. The monoisotopic (exact) mass is 300 g/mol. The lowest BCUT2D eigenvalue weighted by Gasteiger charge is -2.14. The maximum atomic E-state index is 12.7. The highest BCUT2D eigenvalue weighted by Crippen LogP contribution is 2.27. The first-order valence-corrected chi connectivity index (χ1v) is 7.23. The molecule has 1 aliphatic rings. The van der Waals surface area contributed by atoms with Gasteiger partial charge in [-0.3, -0.25) is 9.69 Å². The van der Waals surface area contributed by atoms with Gasteiger partial charge in [-0.05, 0) is 0 Å². The molecule has 11 heteroatoms. The number of fused-ring (bicyclic) bond motifs is 1. The van der Waals surface area contributed by atoms with Gasteiger partial charge >= 0.3 is 10.2 Å². The highest BCUT2D eigenvalue weighted by molar-refractivity contribution is 7.86. The molecule has 0 bridgehead atoms. The fourth-order valence-corrected chi connectivity index (χ4v) is 3.03. The molecule has 1 atom stereocenters. The maximum absolute atomic E-state index is 12.7. The molecule has 106 valence electrons. The molecule has 1 amide bonds. The third-order valence-corrected chi connectivity index (χ3v) is 3.87. The summed E-state index contributed by atoms with van der Waals surface area (Å²) in [6, 6.07) is 0. The Morgan fingerprint density at radius 1 is 1.40 bits per heavy atom. The van der Waals surface area contributed by atoms with Gasteiger partial charge in [-0.1, -0.05) is 0 Å². The second-order valence-corrected chi connectivity index (χ2v) is 5.88. The van der Waals surface area contributed by atoms with Crippen LogP contribution in [0.4, 0.5) is 9.70 Å². The van der Waals surface area contributed by atoms with Crippen molar-refractivity contribution in [2.45, 2.75) is 6.42 Å². The lowest BCUT2D eigenvalue weighted by atomic mass is 10.1. The van der Waals surface area contributed by atoms with Crippen molar-refractivity contribution in [2.75, 3.05) is 17.2 Å². The SMILES string of the molecule is O=C1CC(CS(=O)(=O)F)CN1c1ncnc2n[nH]nc12. The van der Waals surface area contributed by atoms with Gasteiger partial charge in [0, 0.05) is 18.9 Å². The van der Waals surface area contributed by atoms with Gasteiger partial charge in [0.25, 0.3) is 0 Å². The first-order chi connectivity index (χ1) is 9.44. The number of rotatable bonds is 3. The zero-order valence-corrected chi connectivity index (χ0v) is 10.8. The van der Waals surface area contributed by atoms with Crippen LogP contribution in [0.2, 0.25) is 0 Å². The number of H-pyrrole nitrogens is 1. The summed E-state index contributed by atoms with van der Waals surface area (Å²) < 4.78 is 34.0. The van der Waals surface area contributed by atoms with Crippen molar-refractivity contribution < 1.29 is 17.1 Å². The largest absolute Gasteiger partial charge is 0.302 e. The van der Waals surface area contributed by atoms with E-state index in [-0.39, 0.29) is 24.7 Å². The Hall–Kier alpha value is -2.17. The van der Waals surface area contributed by atoms with Gasteiger partial charge in [-0.2, -0.15) is 18.7 Å². The van der Waals surface area contributed by atoms with E-state index in [1.807, 2.05) is 0 Å². The number of amides is 1. The van der Waals surface area contributed by atoms with Gasteiger partial charge < -0.3 is 0 Å². The molecule has 1 fully saturated rings. The summed E-state index contributed by atoms with van der Waals surface area (Å²) >= 11 is 0. The smallest absolute Gasteiger partial charge is 0.294 e. The molecule has 20 heavy (non-hydrogen) atoms. The van der Waals surface area contributed by atoms with Crippen LogP contribution in [0.5, 0.6) is 0 Å². The van der Waals surface area contributed by atoms with Crippen LogP contribution >= 0.6 is 0 Å². The minimum atomic E-state index is -4.61. The first kappa shape index (κ1) is 12.8. The van der Waals surface area contributed by atoms with Crippen molar-refractivity contribution in [2.24, 2.45) is 5.92 Å². The fraction of sp³-hybridized carbons (Fsp3) is 0.444. The van der Waals surface area contributed by atoms with Crippen LogP contribution in [0.15, 0.2) is 6.33 Å². The average Bonchev–Trinajstić information content (AvgIpc) is 2.93. The van der Waals surface area contributed by atoms with Crippen LogP contribution in [0.3, 0.4) is 0 Å². The number of aromatic nitrogens is 5. The normalized spacial score (nSPS) is 19.9. The van der Waals surface area contributed by atoms with E-state index in [0.29, 0.717) is 11.2 Å². The van der Waals surface area contributed by atoms with Crippen molar-refractivity contribution in [1.82, 2.24) is 25.4 Å². The highest BCUT2D eigenvalue weighted by atomic mass is 32.3. The van der Waals surface area contributed by atoms with E-state index in [1.54, 1.807) is 0 Å². The highest BCUT2D eigenvalue weighted by Gasteiger charge is 2.35. The summed E-state index contributed by atoms with van der Waals surface area (Å²) in [5, 5.41) is 9.99. The van der Waals surface area contributed by atoms with Gasteiger partial charge in [0.15, 0.2) is 11.3 Å². The lowest BCUT2D eigenvalue weighted by molar-refractivity contribution is -0.117.